The minimum atomic E-state index is -1.42. The minimum Gasteiger partial charge on any atom is -0.465 e. The smallest absolute Gasteiger partial charge is 0.405 e. The van der Waals surface area contributed by atoms with E-state index in [9.17, 15) is 19.5 Å². The molecular weight excluding hydrogens is 571 g/mol. The number of aromatic amines is 1. The Morgan fingerprint density at radius 2 is 1.85 bits per heavy atom. The van der Waals surface area contributed by atoms with E-state index in [0.29, 0.717) is 40.6 Å². The number of amides is 3. The zero-order valence-electron chi connectivity index (χ0n) is 23.7. The van der Waals surface area contributed by atoms with E-state index in [4.69, 9.17) is 27.7 Å². The molecule has 3 amide bonds. The van der Waals surface area contributed by atoms with Crippen molar-refractivity contribution in [3.63, 3.8) is 0 Å². The highest BCUT2D eigenvalue weighted by Crippen LogP contribution is 2.39. The van der Waals surface area contributed by atoms with E-state index in [1.165, 1.54) is 0 Å². The fourth-order valence-corrected chi connectivity index (χ4v) is 5.92. The van der Waals surface area contributed by atoms with Gasteiger partial charge in [-0.15, -0.1) is 0 Å². The molecule has 0 saturated heterocycles. The Morgan fingerprint density at radius 3 is 2.46 bits per heavy atom. The zero-order chi connectivity index (χ0) is 30.1. The molecule has 1 aromatic carbocycles. The monoisotopic (exact) mass is 606 g/mol. The SMILES string of the molecule is CCC(C)[C@H](NC(=O)O)C(=O)N[C@@]1(C(=O)N[C@H](c2nc(C)no2)C(C)CC)CCc2[nH]c3c(Cl)cc(Cl)cc3c2C1. The predicted molar refractivity (Wildman–Crippen MR) is 155 cm³/mol. The molecule has 0 bridgehead atoms. The van der Waals surface area contributed by atoms with Crippen LogP contribution in [0.3, 0.4) is 0 Å². The summed E-state index contributed by atoms with van der Waals surface area (Å²) in [6.45, 7) is 9.31. The molecule has 11 nitrogen and oxygen atoms in total. The van der Waals surface area contributed by atoms with E-state index < -0.39 is 35.5 Å². The van der Waals surface area contributed by atoms with Crippen molar-refractivity contribution in [2.45, 2.75) is 84.3 Å². The third-order valence-electron chi connectivity index (χ3n) is 8.18. The lowest BCUT2D eigenvalue weighted by atomic mass is 9.78. The fourth-order valence-electron chi connectivity index (χ4n) is 5.38. The maximum absolute atomic E-state index is 14.3. The average molecular weight is 608 g/mol. The maximum atomic E-state index is 14.3. The molecule has 222 valence electrons. The van der Waals surface area contributed by atoms with Crippen molar-refractivity contribution < 1.29 is 24.0 Å². The molecule has 0 aliphatic heterocycles. The highest BCUT2D eigenvalue weighted by molar-refractivity contribution is 6.38. The summed E-state index contributed by atoms with van der Waals surface area (Å²) in [5.74, 6) is -0.665. The molecule has 4 rings (SSSR count). The molecule has 0 radical (unpaired) electrons. The lowest BCUT2D eigenvalue weighted by Gasteiger charge is -2.39. The van der Waals surface area contributed by atoms with Crippen molar-refractivity contribution in [2.75, 3.05) is 0 Å². The average Bonchev–Trinajstić information content (AvgIpc) is 3.52. The van der Waals surface area contributed by atoms with Gasteiger partial charge in [0, 0.05) is 22.5 Å². The Balaban J connectivity index is 1.77. The number of nitrogens with zero attached hydrogens (tertiary/aromatic N) is 2. The molecule has 1 aliphatic rings. The van der Waals surface area contributed by atoms with Gasteiger partial charge in [-0.25, -0.2) is 4.79 Å². The van der Waals surface area contributed by atoms with Crippen LogP contribution in [0.1, 0.15) is 76.0 Å². The number of rotatable bonds is 10. The van der Waals surface area contributed by atoms with E-state index in [0.717, 1.165) is 16.6 Å². The largest absolute Gasteiger partial charge is 0.465 e. The Kier molecular flexibility index (Phi) is 9.18. The van der Waals surface area contributed by atoms with Crippen LogP contribution in [0.25, 0.3) is 10.9 Å². The second kappa shape index (κ2) is 12.3. The number of hydrogen-bond acceptors (Lipinski definition) is 6. The molecule has 1 aliphatic carbocycles. The van der Waals surface area contributed by atoms with Gasteiger partial charge in [0.05, 0.1) is 10.5 Å². The summed E-state index contributed by atoms with van der Waals surface area (Å²) in [5.41, 5.74) is 0.995. The van der Waals surface area contributed by atoms with Crippen LogP contribution in [-0.4, -0.2) is 49.7 Å². The number of fused-ring (bicyclic) bond motifs is 3. The Bertz CT molecular complexity index is 1460. The lowest BCUT2D eigenvalue weighted by molar-refractivity contribution is -0.136. The first kappa shape index (κ1) is 30.6. The molecule has 5 atom stereocenters. The molecule has 13 heteroatoms. The molecule has 5 N–H and O–H groups in total. The summed E-state index contributed by atoms with van der Waals surface area (Å²) in [6.07, 6.45) is 0.764. The lowest BCUT2D eigenvalue weighted by Crippen LogP contribution is -2.65. The summed E-state index contributed by atoms with van der Waals surface area (Å²) in [6, 6.07) is 1.77. The second-order valence-corrected chi connectivity index (χ2v) is 11.8. The number of H-pyrrole nitrogens is 1. The molecule has 0 saturated carbocycles. The number of nitrogens with one attached hydrogen (secondary N) is 4. The zero-order valence-corrected chi connectivity index (χ0v) is 25.2. The number of aromatic nitrogens is 3. The van der Waals surface area contributed by atoms with E-state index in [2.05, 4.69) is 31.1 Å². The molecule has 2 heterocycles. The minimum absolute atomic E-state index is 0.0575. The van der Waals surface area contributed by atoms with Crippen LogP contribution in [-0.2, 0) is 22.4 Å². The number of benzene rings is 1. The molecule has 2 unspecified atom stereocenters. The topological polar surface area (TPSA) is 162 Å². The predicted octanol–water partition coefficient (Wildman–Crippen LogP) is 5.10. The van der Waals surface area contributed by atoms with Crippen molar-refractivity contribution >= 4 is 52.0 Å². The van der Waals surface area contributed by atoms with E-state index >= 15 is 0 Å². The second-order valence-electron chi connectivity index (χ2n) is 11.0. The highest BCUT2D eigenvalue weighted by atomic mass is 35.5. The summed E-state index contributed by atoms with van der Waals surface area (Å²) in [5, 5.41) is 23.4. The van der Waals surface area contributed by atoms with Gasteiger partial charge >= 0.3 is 6.09 Å². The fraction of sp³-hybridized carbons (Fsp3) is 0.536. The Hall–Kier alpha value is -3.31. The summed E-state index contributed by atoms with van der Waals surface area (Å²) < 4.78 is 5.43. The van der Waals surface area contributed by atoms with Gasteiger partial charge in [0.2, 0.25) is 17.7 Å². The first-order valence-corrected chi connectivity index (χ1v) is 14.6. The normalized spacial score (nSPS) is 19.6. The maximum Gasteiger partial charge on any atom is 0.405 e. The molecule has 41 heavy (non-hydrogen) atoms. The number of aryl methyl sites for hydroxylation is 2. The van der Waals surface area contributed by atoms with E-state index in [1.807, 2.05) is 20.8 Å². The number of carbonyl (C=O) groups is 3. The van der Waals surface area contributed by atoms with Gasteiger partial charge in [-0.3, -0.25) is 9.59 Å². The first-order chi connectivity index (χ1) is 19.4. The third kappa shape index (κ3) is 6.30. The Labute approximate surface area is 248 Å². The third-order valence-corrected chi connectivity index (χ3v) is 8.70. The van der Waals surface area contributed by atoms with Crippen LogP contribution in [0.15, 0.2) is 16.7 Å². The van der Waals surface area contributed by atoms with Gasteiger partial charge in [0.1, 0.15) is 17.6 Å². The molecule has 0 fully saturated rings. The molecule has 3 aromatic rings. The van der Waals surface area contributed by atoms with Crippen molar-refractivity contribution in [3.05, 3.63) is 45.2 Å². The van der Waals surface area contributed by atoms with Crippen LogP contribution in [0, 0.1) is 18.8 Å². The highest BCUT2D eigenvalue weighted by Gasteiger charge is 2.47. The van der Waals surface area contributed by atoms with Crippen molar-refractivity contribution in [3.8, 4) is 0 Å². The summed E-state index contributed by atoms with van der Waals surface area (Å²) in [7, 11) is 0. The van der Waals surface area contributed by atoms with Crippen LogP contribution in [0.5, 0.6) is 0 Å². The van der Waals surface area contributed by atoms with Gasteiger partial charge < -0.3 is 30.6 Å². The van der Waals surface area contributed by atoms with Crippen molar-refractivity contribution in [1.82, 2.24) is 31.1 Å². The van der Waals surface area contributed by atoms with E-state index in [-0.39, 0.29) is 30.6 Å². The number of carbonyl (C=O) groups excluding carboxylic acids is 2. The first-order valence-electron chi connectivity index (χ1n) is 13.8. The van der Waals surface area contributed by atoms with Crippen molar-refractivity contribution in [1.29, 1.82) is 0 Å². The standard InChI is InChI=1S/C28H36Cl2N6O5/c1-6-13(3)21(34-27(39)40)24(37)35-28(26(38)33-22(14(4)7-2)25-31-15(5)36-41-25)9-8-20-18(12-28)17-10-16(29)11-19(30)23(17)32-20/h10-11,13-14,21-22,32,34H,6-9,12H2,1-5H3,(H,33,38)(H,35,37)(H,39,40)/t13?,14?,21-,22-,28-/m0/s1. The van der Waals surface area contributed by atoms with Gasteiger partial charge in [-0.1, -0.05) is 68.9 Å². The number of carboxylic acid groups (broad SMARTS) is 1. The molecule has 2 aromatic heterocycles. The van der Waals surface area contributed by atoms with Gasteiger partial charge in [0.15, 0.2) is 5.82 Å². The van der Waals surface area contributed by atoms with Gasteiger partial charge in [0.25, 0.3) is 0 Å². The molecule has 0 spiro atoms. The summed E-state index contributed by atoms with van der Waals surface area (Å²) >= 11 is 12.8. The molecular formula is C28H36Cl2N6O5. The number of halogens is 2. The van der Waals surface area contributed by atoms with Gasteiger partial charge in [-0.05, 0) is 49.3 Å². The van der Waals surface area contributed by atoms with E-state index in [1.54, 1.807) is 26.0 Å². The van der Waals surface area contributed by atoms with Crippen LogP contribution in [0.2, 0.25) is 10.0 Å². The van der Waals surface area contributed by atoms with Crippen molar-refractivity contribution in [2.24, 2.45) is 11.8 Å². The van der Waals surface area contributed by atoms with Crippen LogP contribution in [0.4, 0.5) is 4.79 Å². The summed E-state index contributed by atoms with van der Waals surface area (Å²) in [4.78, 5) is 47.3. The Morgan fingerprint density at radius 1 is 1.15 bits per heavy atom. The quantitative estimate of drug-likeness (QED) is 0.214. The van der Waals surface area contributed by atoms with Crippen LogP contribution >= 0.6 is 23.2 Å². The van der Waals surface area contributed by atoms with Gasteiger partial charge in [-0.2, -0.15) is 4.98 Å². The van der Waals surface area contributed by atoms with Crippen LogP contribution < -0.4 is 16.0 Å². The number of hydrogen-bond donors (Lipinski definition) is 5.